The van der Waals surface area contributed by atoms with Crippen LogP contribution in [0.2, 0.25) is 0 Å². The Morgan fingerprint density at radius 1 is 0.714 bits per heavy atom. The molecule has 3 aromatic carbocycles. The first kappa shape index (κ1) is 12.1. The van der Waals surface area contributed by atoms with Crippen molar-refractivity contribution in [1.82, 2.24) is 0 Å². The molecule has 4 rings (SSSR count). The van der Waals surface area contributed by atoms with Crippen LogP contribution < -0.4 is 0 Å². The Hall–Kier alpha value is -2.67. The highest BCUT2D eigenvalue weighted by atomic mass is 16.3. The number of aryl methyl sites for hydroxylation is 1. The highest BCUT2D eigenvalue weighted by molar-refractivity contribution is 6.06. The van der Waals surface area contributed by atoms with Crippen LogP contribution in [0, 0.1) is 6.92 Å². The van der Waals surface area contributed by atoms with Gasteiger partial charge in [-0.25, -0.2) is 4.42 Å². The largest absolute Gasteiger partial charge is 0.363 e. The van der Waals surface area contributed by atoms with E-state index in [0.29, 0.717) is 0 Å². The second-order valence-electron chi connectivity index (χ2n) is 5.32. The van der Waals surface area contributed by atoms with Gasteiger partial charge in [0.1, 0.15) is 0 Å². The van der Waals surface area contributed by atoms with Gasteiger partial charge in [-0.3, -0.25) is 0 Å². The van der Waals surface area contributed by atoms with Gasteiger partial charge in [0, 0.05) is 6.07 Å². The molecule has 0 saturated heterocycles. The lowest BCUT2D eigenvalue weighted by Crippen LogP contribution is -1.85. The van der Waals surface area contributed by atoms with Gasteiger partial charge < -0.3 is 0 Å². The fraction of sp³-hybridized carbons (Fsp3) is 0.0500. The molecule has 1 aromatic heterocycles. The van der Waals surface area contributed by atoms with Crippen molar-refractivity contribution in [2.45, 2.75) is 6.92 Å². The molecule has 0 fully saturated rings. The molecule has 100 valence electrons. The Morgan fingerprint density at radius 2 is 1.48 bits per heavy atom. The molecule has 0 aliphatic carbocycles. The predicted molar refractivity (Wildman–Crippen MR) is 88.3 cm³/mol. The summed E-state index contributed by atoms with van der Waals surface area (Å²) in [5, 5.41) is 3.65. The topological polar surface area (TPSA) is 11.3 Å². The first-order valence-corrected chi connectivity index (χ1v) is 7.13. The predicted octanol–water partition coefficient (Wildman–Crippen LogP) is 5.84. The monoisotopic (exact) mass is 271 g/mol. The standard InChI is InChI=1S/C20H15O/c1-14-13-18-17-10-6-5-7-15(17)11-12-19(18)21-20(14)16-8-3-2-4-9-16/h2-13H,1H3/q+1. The third-order valence-corrected chi connectivity index (χ3v) is 3.90. The van der Waals surface area contributed by atoms with Crippen molar-refractivity contribution >= 4 is 21.7 Å². The molecule has 0 N–H and O–H groups in total. The van der Waals surface area contributed by atoms with Crippen molar-refractivity contribution < 1.29 is 4.42 Å². The van der Waals surface area contributed by atoms with E-state index in [1.807, 2.05) is 18.2 Å². The average Bonchev–Trinajstić information content (AvgIpc) is 2.55. The zero-order valence-corrected chi connectivity index (χ0v) is 11.8. The average molecular weight is 271 g/mol. The van der Waals surface area contributed by atoms with Crippen LogP contribution in [0.3, 0.4) is 0 Å². The quantitative estimate of drug-likeness (QED) is 0.312. The molecule has 0 saturated carbocycles. The molecule has 0 atom stereocenters. The van der Waals surface area contributed by atoms with E-state index in [4.69, 9.17) is 4.42 Å². The van der Waals surface area contributed by atoms with E-state index in [0.717, 1.165) is 22.5 Å². The third-order valence-electron chi connectivity index (χ3n) is 3.90. The summed E-state index contributed by atoms with van der Waals surface area (Å²) < 4.78 is 6.19. The van der Waals surface area contributed by atoms with E-state index in [1.54, 1.807) is 0 Å². The van der Waals surface area contributed by atoms with E-state index in [1.165, 1.54) is 16.2 Å². The lowest BCUT2D eigenvalue weighted by atomic mass is 10.0. The Kier molecular flexibility index (Phi) is 2.71. The molecule has 0 aliphatic heterocycles. The minimum atomic E-state index is 0.929. The smallest absolute Gasteiger partial charge is 0.207 e. The fourth-order valence-corrected chi connectivity index (χ4v) is 2.86. The zero-order valence-electron chi connectivity index (χ0n) is 11.8. The first-order valence-electron chi connectivity index (χ1n) is 7.13. The SMILES string of the molecule is Cc1cc2c(ccc3ccccc32)[o+]c1-c1ccccc1. The molecule has 0 spiro atoms. The Bertz CT molecular complexity index is 940. The van der Waals surface area contributed by atoms with Gasteiger partial charge >= 0.3 is 11.3 Å². The van der Waals surface area contributed by atoms with Crippen molar-refractivity contribution in [2.75, 3.05) is 0 Å². The molecule has 1 nitrogen and oxygen atoms in total. The molecule has 0 bridgehead atoms. The summed E-state index contributed by atoms with van der Waals surface area (Å²) in [4.78, 5) is 0. The van der Waals surface area contributed by atoms with Crippen LogP contribution in [0.25, 0.3) is 33.1 Å². The number of hydrogen-bond acceptors (Lipinski definition) is 0. The van der Waals surface area contributed by atoms with Gasteiger partial charge in [-0.15, -0.1) is 0 Å². The van der Waals surface area contributed by atoms with E-state index in [2.05, 4.69) is 61.5 Å². The molecular formula is C20H15O+. The van der Waals surface area contributed by atoms with Gasteiger partial charge in [0.25, 0.3) is 0 Å². The minimum absolute atomic E-state index is 0.929. The van der Waals surface area contributed by atoms with Crippen LogP contribution in [-0.2, 0) is 0 Å². The minimum Gasteiger partial charge on any atom is -0.207 e. The van der Waals surface area contributed by atoms with Gasteiger partial charge in [-0.2, -0.15) is 0 Å². The highest BCUT2D eigenvalue weighted by Crippen LogP contribution is 2.32. The molecule has 1 heteroatoms. The maximum Gasteiger partial charge on any atom is 0.363 e. The summed E-state index contributed by atoms with van der Waals surface area (Å²) in [6, 6.07) is 25.1. The lowest BCUT2D eigenvalue weighted by molar-refractivity contribution is 0.616. The van der Waals surface area contributed by atoms with Crippen LogP contribution in [0.5, 0.6) is 0 Å². The number of benzene rings is 3. The van der Waals surface area contributed by atoms with Gasteiger partial charge in [-0.05, 0) is 42.0 Å². The van der Waals surface area contributed by atoms with Crippen LogP contribution in [0.15, 0.2) is 77.2 Å². The van der Waals surface area contributed by atoms with Crippen LogP contribution in [0.1, 0.15) is 5.56 Å². The molecule has 0 unspecified atom stereocenters. The van der Waals surface area contributed by atoms with Gasteiger partial charge in [0.05, 0.1) is 16.5 Å². The first-order chi connectivity index (χ1) is 10.3. The van der Waals surface area contributed by atoms with Gasteiger partial charge in [0.2, 0.25) is 0 Å². The summed E-state index contributed by atoms with van der Waals surface area (Å²) in [5.41, 5.74) is 3.20. The summed E-state index contributed by atoms with van der Waals surface area (Å²) in [7, 11) is 0. The Labute approximate surface area is 123 Å². The Balaban J connectivity index is 2.05. The van der Waals surface area contributed by atoms with E-state index < -0.39 is 0 Å². The van der Waals surface area contributed by atoms with Crippen LogP contribution in [-0.4, -0.2) is 0 Å². The van der Waals surface area contributed by atoms with Crippen molar-refractivity contribution in [3.05, 3.63) is 78.4 Å². The van der Waals surface area contributed by atoms with E-state index >= 15 is 0 Å². The lowest BCUT2D eigenvalue weighted by Gasteiger charge is -2.01. The number of fused-ring (bicyclic) bond motifs is 3. The summed E-state index contributed by atoms with van der Waals surface area (Å²) in [6.07, 6.45) is 0. The summed E-state index contributed by atoms with van der Waals surface area (Å²) in [6.45, 7) is 2.10. The van der Waals surface area contributed by atoms with Crippen molar-refractivity contribution in [1.29, 1.82) is 0 Å². The normalized spacial score (nSPS) is 11.1. The summed E-state index contributed by atoms with van der Waals surface area (Å²) in [5.74, 6) is 0.943. The number of hydrogen-bond donors (Lipinski definition) is 0. The highest BCUT2D eigenvalue weighted by Gasteiger charge is 2.19. The van der Waals surface area contributed by atoms with E-state index in [9.17, 15) is 0 Å². The molecule has 0 radical (unpaired) electrons. The Morgan fingerprint density at radius 3 is 2.33 bits per heavy atom. The molecule has 21 heavy (non-hydrogen) atoms. The molecule has 0 aliphatic rings. The second-order valence-corrected chi connectivity index (χ2v) is 5.32. The van der Waals surface area contributed by atoms with Gasteiger partial charge in [0.15, 0.2) is 0 Å². The third kappa shape index (κ3) is 1.98. The van der Waals surface area contributed by atoms with Gasteiger partial charge in [-0.1, -0.05) is 42.5 Å². The molecular weight excluding hydrogens is 256 g/mol. The molecule has 0 amide bonds. The second kappa shape index (κ2) is 4.71. The maximum atomic E-state index is 6.19. The number of rotatable bonds is 1. The van der Waals surface area contributed by atoms with Crippen molar-refractivity contribution in [3.63, 3.8) is 0 Å². The molecule has 1 heterocycles. The zero-order chi connectivity index (χ0) is 14.2. The van der Waals surface area contributed by atoms with E-state index in [-0.39, 0.29) is 0 Å². The van der Waals surface area contributed by atoms with Crippen LogP contribution in [0.4, 0.5) is 0 Å². The van der Waals surface area contributed by atoms with Crippen LogP contribution >= 0.6 is 0 Å². The summed E-state index contributed by atoms with van der Waals surface area (Å²) >= 11 is 0. The molecule has 4 aromatic rings. The van der Waals surface area contributed by atoms with Crippen molar-refractivity contribution in [2.24, 2.45) is 0 Å². The maximum absolute atomic E-state index is 6.19. The fourth-order valence-electron chi connectivity index (χ4n) is 2.86. The van der Waals surface area contributed by atoms with Crippen molar-refractivity contribution in [3.8, 4) is 11.3 Å².